The zero-order valence-electron chi connectivity index (χ0n) is 23.9. The number of carbonyl (C=O) groups is 2. The van der Waals surface area contributed by atoms with Gasteiger partial charge in [0.15, 0.2) is 23.2 Å². The average Bonchev–Trinajstić information content (AvgIpc) is 3.57. The molecule has 4 aliphatic rings. The number of methoxy groups -OCH3 is 1. The van der Waals surface area contributed by atoms with Crippen LogP contribution in [0.5, 0.6) is 11.5 Å². The van der Waals surface area contributed by atoms with Crippen LogP contribution >= 0.6 is 0 Å². The smallest absolute Gasteiger partial charge is 0.339 e. The maximum Gasteiger partial charge on any atom is 0.339 e. The van der Waals surface area contributed by atoms with Gasteiger partial charge in [0.1, 0.15) is 5.76 Å². The van der Waals surface area contributed by atoms with Crippen LogP contribution in [0.25, 0.3) is 0 Å². The molecule has 0 saturated carbocycles. The van der Waals surface area contributed by atoms with Crippen LogP contribution in [0.4, 0.5) is 0 Å². The van der Waals surface area contributed by atoms with E-state index < -0.39 is 41.2 Å². The second kappa shape index (κ2) is 10.9. The number of carbonyl (C=O) groups excluding carboxylic acids is 2. The molecule has 3 heterocycles. The van der Waals surface area contributed by atoms with E-state index in [1.807, 2.05) is 12.1 Å². The molecule has 3 aliphatic heterocycles. The fourth-order valence-corrected chi connectivity index (χ4v) is 6.85. The zero-order chi connectivity index (χ0) is 28.7. The molecule has 2 N–H and O–H groups in total. The lowest BCUT2D eigenvalue weighted by atomic mass is 9.77. The topological polar surface area (TPSA) is 124 Å². The number of nitrogens with zero attached hydrogens (tertiary/aromatic N) is 1. The Morgan fingerprint density at radius 3 is 2.60 bits per heavy atom. The summed E-state index contributed by atoms with van der Waals surface area (Å²) in [4.78, 5) is 28.7. The van der Waals surface area contributed by atoms with E-state index in [4.69, 9.17) is 23.7 Å². The van der Waals surface area contributed by atoms with E-state index in [9.17, 15) is 19.8 Å². The largest absolute Gasteiger partial charge is 0.497 e. The minimum atomic E-state index is -2.12. The highest BCUT2D eigenvalue weighted by Gasteiger charge is 2.59. The number of hydrogen-bond donors (Lipinski definition) is 2. The van der Waals surface area contributed by atoms with Gasteiger partial charge in [-0.1, -0.05) is 0 Å². The molecule has 40 heavy (non-hydrogen) atoms. The molecule has 0 radical (unpaired) electrons. The van der Waals surface area contributed by atoms with Crippen molar-refractivity contribution in [3.8, 4) is 11.5 Å². The molecule has 1 aromatic carbocycles. The highest BCUT2D eigenvalue weighted by Crippen LogP contribution is 2.55. The van der Waals surface area contributed by atoms with Gasteiger partial charge in [-0.3, -0.25) is 9.69 Å². The third-order valence-electron chi connectivity index (χ3n) is 8.70. The van der Waals surface area contributed by atoms with Crippen molar-refractivity contribution < 1.29 is 43.5 Å². The normalized spacial score (nSPS) is 26.6. The molecule has 5 rings (SSSR count). The molecule has 1 saturated heterocycles. The molecule has 10 nitrogen and oxygen atoms in total. The molecule has 220 valence electrons. The van der Waals surface area contributed by atoms with Gasteiger partial charge in [-0.05, 0) is 95.2 Å². The molecule has 0 bridgehead atoms. The highest BCUT2D eigenvalue weighted by atomic mass is 16.7. The number of hydrogen-bond acceptors (Lipinski definition) is 10. The Labute approximate surface area is 235 Å². The van der Waals surface area contributed by atoms with Crippen LogP contribution < -0.4 is 9.47 Å². The monoisotopic (exact) mass is 559 g/mol. The SMILES string of the molecule is CCOC(=O)C[C@](O)(CCCC(C)(C)O)C(=O)OC1C(OC)=C[C@@]23CCCN2CCc2cc4c(cc2[C@H]13)OCO4. The summed E-state index contributed by atoms with van der Waals surface area (Å²) in [6.07, 6.45) is 3.97. The zero-order valence-corrected chi connectivity index (χ0v) is 23.9. The number of rotatable bonds is 10. The maximum atomic E-state index is 13.8. The van der Waals surface area contributed by atoms with Gasteiger partial charge in [0.2, 0.25) is 6.79 Å². The second-order valence-corrected chi connectivity index (χ2v) is 12.0. The highest BCUT2D eigenvalue weighted by molar-refractivity contribution is 5.86. The summed E-state index contributed by atoms with van der Waals surface area (Å²) >= 11 is 0. The van der Waals surface area contributed by atoms with Crippen molar-refractivity contribution >= 4 is 11.9 Å². The molecule has 1 aromatic rings. The van der Waals surface area contributed by atoms with Crippen molar-refractivity contribution in [1.29, 1.82) is 0 Å². The fourth-order valence-electron chi connectivity index (χ4n) is 6.85. The van der Waals surface area contributed by atoms with Crippen molar-refractivity contribution in [2.45, 2.75) is 94.5 Å². The van der Waals surface area contributed by atoms with Gasteiger partial charge in [0, 0.05) is 6.54 Å². The second-order valence-electron chi connectivity index (χ2n) is 12.0. The molecule has 0 amide bonds. The van der Waals surface area contributed by atoms with Crippen LogP contribution in [0.15, 0.2) is 24.0 Å². The first-order valence-electron chi connectivity index (χ1n) is 14.3. The predicted octanol–water partition coefficient (Wildman–Crippen LogP) is 2.97. The Morgan fingerprint density at radius 2 is 1.90 bits per heavy atom. The van der Waals surface area contributed by atoms with Crippen molar-refractivity contribution in [2.24, 2.45) is 0 Å². The van der Waals surface area contributed by atoms with E-state index >= 15 is 0 Å². The summed E-state index contributed by atoms with van der Waals surface area (Å²) in [7, 11) is 1.56. The molecular weight excluding hydrogens is 518 g/mol. The molecular formula is C30H41NO9. The van der Waals surface area contributed by atoms with Gasteiger partial charge >= 0.3 is 11.9 Å². The van der Waals surface area contributed by atoms with Crippen molar-refractivity contribution in [2.75, 3.05) is 33.6 Å². The van der Waals surface area contributed by atoms with Crippen LogP contribution in [-0.4, -0.2) is 83.5 Å². The Kier molecular flexibility index (Phi) is 7.80. The Balaban J connectivity index is 1.49. The first-order chi connectivity index (χ1) is 19.0. The van der Waals surface area contributed by atoms with Gasteiger partial charge < -0.3 is 33.9 Å². The van der Waals surface area contributed by atoms with Crippen LogP contribution in [-0.2, 0) is 30.2 Å². The summed E-state index contributed by atoms with van der Waals surface area (Å²) in [5.74, 6) is -0.0176. The lowest BCUT2D eigenvalue weighted by Gasteiger charge is -2.39. The van der Waals surface area contributed by atoms with Gasteiger partial charge in [-0.2, -0.15) is 0 Å². The molecule has 4 atom stereocenters. The van der Waals surface area contributed by atoms with Gasteiger partial charge in [-0.25, -0.2) is 4.79 Å². The van der Waals surface area contributed by atoms with E-state index in [-0.39, 0.29) is 25.7 Å². The lowest BCUT2D eigenvalue weighted by Crippen LogP contribution is -2.49. The molecule has 1 aliphatic carbocycles. The van der Waals surface area contributed by atoms with Crippen molar-refractivity contribution in [3.05, 3.63) is 35.1 Å². The minimum Gasteiger partial charge on any atom is -0.497 e. The first-order valence-corrected chi connectivity index (χ1v) is 14.3. The van der Waals surface area contributed by atoms with E-state index in [1.165, 1.54) is 0 Å². The minimum absolute atomic E-state index is 0.0649. The van der Waals surface area contributed by atoms with E-state index in [0.29, 0.717) is 30.1 Å². The first kappa shape index (κ1) is 28.7. The van der Waals surface area contributed by atoms with Crippen LogP contribution in [0.3, 0.4) is 0 Å². The quantitative estimate of drug-likeness (QED) is 0.414. The Morgan fingerprint density at radius 1 is 1.15 bits per heavy atom. The summed E-state index contributed by atoms with van der Waals surface area (Å²) in [5, 5.41) is 21.8. The van der Waals surface area contributed by atoms with Crippen LogP contribution in [0.1, 0.15) is 76.3 Å². The summed E-state index contributed by atoms with van der Waals surface area (Å²) < 4.78 is 28.5. The van der Waals surface area contributed by atoms with Crippen molar-refractivity contribution in [3.63, 3.8) is 0 Å². The molecule has 0 aromatic heterocycles. The number of ether oxygens (including phenoxy) is 5. The number of esters is 2. The third-order valence-corrected chi connectivity index (χ3v) is 8.70. The summed E-state index contributed by atoms with van der Waals surface area (Å²) in [6.45, 7) is 7.01. The predicted molar refractivity (Wildman–Crippen MR) is 144 cm³/mol. The fraction of sp³-hybridized carbons (Fsp3) is 0.667. The summed E-state index contributed by atoms with van der Waals surface area (Å²) in [6, 6.07) is 4.01. The van der Waals surface area contributed by atoms with Gasteiger partial charge in [0.25, 0.3) is 0 Å². The average molecular weight is 560 g/mol. The van der Waals surface area contributed by atoms with Gasteiger partial charge in [-0.15, -0.1) is 0 Å². The Hall–Kier alpha value is -2.82. The molecule has 1 unspecified atom stereocenters. The Bertz CT molecular complexity index is 1170. The maximum absolute atomic E-state index is 13.8. The molecule has 1 spiro atoms. The van der Waals surface area contributed by atoms with Crippen LogP contribution in [0.2, 0.25) is 0 Å². The number of benzene rings is 1. The standard InChI is InChI=1S/C30H41NO9/c1-5-37-24(32)17-30(35,11-6-9-28(2,3)34)27(33)40-26-23(36-4)16-29-10-7-12-31(29)13-8-19-14-21-22(39-18-38-21)15-20(19)25(26)29/h14-16,25-26,34-35H,5-13,17-18H2,1-4H3/t25-,26?,29-,30-/m1/s1. The van der Waals surface area contributed by atoms with Gasteiger partial charge in [0.05, 0.1) is 37.2 Å². The molecule has 10 heteroatoms. The third kappa shape index (κ3) is 5.29. The summed E-state index contributed by atoms with van der Waals surface area (Å²) in [5.41, 5.74) is -1.42. The lowest BCUT2D eigenvalue weighted by molar-refractivity contribution is -0.179. The van der Waals surface area contributed by atoms with E-state index in [1.54, 1.807) is 27.9 Å². The number of fused-ring (bicyclic) bond motifs is 3. The van der Waals surface area contributed by atoms with E-state index in [2.05, 4.69) is 11.0 Å². The van der Waals surface area contributed by atoms with E-state index in [0.717, 1.165) is 43.5 Å². The van der Waals surface area contributed by atoms with Crippen molar-refractivity contribution in [1.82, 2.24) is 4.90 Å². The molecule has 1 fully saturated rings. The van der Waals surface area contributed by atoms with Crippen LogP contribution in [0, 0.1) is 0 Å². The number of aliphatic hydroxyl groups is 2.